The molecule has 1 aromatic rings. The number of hydrogen-bond donors (Lipinski definition) is 2. The first-order chi connectivity index (χ1) is 16.5. The van der Waals surface area contributed by atoms with Crippen LogP contribution in [0.15, 0.2) is 18.7 Å². The van der Waals surface area contributed by atoms with E-state index >= 15 is 0 Å². The van der Waals surface area contributed by atoms with E-state index in [0.29, 0.717) is 37.1 Å². The number of Topliss-reactive ketones (excluding diaryl/α,β-unsaturated/α-hetero) is 4. The molecule has 1 saturated carbocycles. The summed E-state index contributed by atoms with van der Waals surface area (Å²) in [5.74, 6) is -4.20. The van der Waals surface area contributed by atoms with Crippen LogP contribution in [0.2, 0.25) is 0 Å². The third-order valence-electron chi connectivity index (χ3n) is 7.32. The van der Waals surface area contributed by atoms with E-state index in [2.05, 4.69) is 6.58 Å². The first kappa shape index (κ1) is 26.8. The lowest BCUT2D eigenvalue weighted by molar-refractivity contribution is -0.147. The van der Waals surface area contributed by atoms with Crippen molar-refractivity contribution in [3.05, 3.63) is 35.4 Å². The average molecular weight is 485 g/mol. The summed E-state index contributed by atoms with van der Waals surface area (Å²) in [7, 11) is 5.69. The van der Waals surface area contributed by atoms with Crippen LogP contribution in [0, 0.1) is 23.7 Å². The number of anilines is 1. The van der Waals surface area contributed by atoms with Gasteiger partial charge in [0.05, 0.1) is 12.2 Å². The third-order valence-corrected chi connectivity index (χ3v) is 7.32. The molecule has 0 amide bonds. The molecule has 2 aliphatic carbocycles. The maximum Gasteiger partial charge on any atom is 0.167 e. The number of hydrogen-bond acceptors (Lipinski definition) is 8. The van der Waals surface area contributed by atoms with Crippen molar-refractivity contribution in [1.29, 1.82) is 0 Å². The zero-order valence-corrected chi connectivity index (χ0v) is 21.0. The van der Waals surface area contributed by atoms with Crippen molar-refractivity contribution in [1.82, 2.24) is 4.90 Å². The zero-order valence-electron chi connectivity index (χ0n) is 21.0. The van der Waals surface area contributed by atoms with Crippen molar-refractivity contribution in [3.8, 4) is 5.75 Å². The fourth-order valence-electron chi connectivity index (χ4n) is 5.71. The molecule has 8 heteroatoms. The first-order valence-corrected chi connectivity index (χ1v) is 12.0. The van der Waals surface area contributed by atoms with Crippen LogP contribution in [-0.2, 0) is 27.3 Å². The highest BCUT2D eigenvalue weighted by atomic mass is 16.3. The number of ketones is 4. The van der Waals surface area contributed by atoms with Crippen molar-refractivity contribution in [2.24, 2.45) is 23.7 Å². The zero-order chi connectivity index (χ0) is 26.0. The molecule has 0 aromatic heterocycles. The summed E-state index contributed by atoms with van der Waals surface area (Å²) in [6, 6.07) is 1.91. The monoisotopic (exact) mass is 484 g/mol. The van der Waals surface area contributed by atoms with E-state index in [-0.39, 0.29) is 30.3 Å². The Morgan fingerprint density at radius 3 is 2.43 bits per heavy atom. The minimum atomic E-state index is -1.29. The normalized spacial score (nSPS) is 24.5. The van der Waals surface area contributed by atoms with E-state index in [1.54, 1.807) is 6.08 Å². The highest BCUT2D eigenvalue weighted by molar-refractivity contribution is 6.20. The van der Waals surface area contributed by atoms with Crippen molar-refractivity contribution in [2.75, 3.05) is 39.2 Å². The van der Waals surface area contributed by atoms with Crippen LogP contribution >= 0.6 is 0 Å². The number of fused-ring (bicyclic) bond motifs is 1. The van der Waals surface area contributed by atoms with Gasteiger partial charge in [-0.25, -0.2) is 0 Å². The van der Waals surface area contributed by atoms with Crippen LogP contribution in [0.5, 0.6) is 5.75 Å². The number of likely N-dealkylation sites (N-methyl/N-ethyl adjacent to an activating group) is 1. The molecule has 0 radical (unpaired) electrons. The first-order valence-electron chi connectivity index (χ1n) is 12.0. The molecule has 0 spiro atoms. The Kier molecular flexibility index (Phi) is 8.28. The Labute approximate surface area is 206 Å². The van der Waals surface area contributed by atoms with E-state index in [1.807, 2.05) is 37.0 Å². The minimum Gasteiger partial charge on any atom is -0.507 e. The van der Waals surface area contributed by atoms with E-state index in [0.717, 1.165) is 11.3 Å². The van der Waals surface area contributed by atoms with Gasteiger partial charge in [0.2, 0.25) is 0 Å². The number of aliphatic hydroxyl groups excluding tert-OH is 1. The highest BCUT2D eigenvalue weighted by Gasteiger charge is 2.46. The summed E-state index contributed by atoms with van der Waals surface area (Å²) in [5, 5.41) is 20.9. The lowest BCUT2D eigenvalue weighted by Gasteiger charge is -2.36. The van der Waals surface area contributed by atoms with Gasteiger partial charge in [0.25, 0.3) is 0 Å². The number of rotatable bonds is 9. The Morgan fingerprint density at radius 2 is 1.86 bits per heavy atom. The molecule has 4 unspecified atom stereocenters. The van der Waals surface area contributed by atoms with Gasteiger partial charge in [-0.1, -0.05) is 6.08 Å². The molecule has 35 heavy (non-hydrogen) atoms. The minimum absolute atomic E-state index is 0.00511. The van der Waals surface area contributed by atoms with Crippen LogP contribution < -0.4 is 4.90 Å². The topological polar surface area (TPSA) is 115 Å². The number of aromatic hydroxyl groups is 1. The quantitative estimate of drug-likeness (QED) is 0.405. The summed E-state index contributed by atoms with van der Waals surface area (Å²) in [6.07, 6.45) is 2.93. The summed E-state index contributed by atoms with van der Waals surface area (Å²) >= 11 is 0. The van der Waals surface area contributed by atoms with E-state index in [4.69, 9.17) is 0 Å². The standard InChI is InChI=1S/C27H36N2O6/c1-6-7-29(5)13-18-11-21(28(3)4)19-9-16(10-22(32)25(19)26(18)34)8-17-12-23(33)24(15(2)31)27(35)20(17)14-30/h6,11,16-17,20,24,30,34H,1,7-10,12-14H2,2-5H3. The maximum absolute atomic E-state index is 13.3. The van der Waals surface area contributed by atoms with E-state index < -0.39 is 41.7 Å². The Bertz CT molecular complexity index is 1050. The fraction of sp³-hybridized carbons (Fsp3) is 0.556. The predicted molar refractivity (Wildman–Crippen MR) is 133 cm³/mol. The van der Waals surface area contributed by atoms with Crippen molar-refractivity contribution in [3.63, 3.8) is 0 Å². The number of carbonyl (C=O) groups is 4. The van der Waals surface area contributed by atoms with Gasteiger partial charge in [-0.15, -0.1) is 6.58 Å². The molecule has 3 rings (SSSR count). The second kappa shape index (κ2) is 10.8. The summed E-state index contributed by atoms with van der Waals surface area (Å²) in [6.45, 7) is 5.64. The number of phenolic OH excluding ortho intramolecular Hbond substituents is 1. The van der Waals surface area contributed by atoms with Gasteiger partial charge < -0.3 is 15.1 Å². The third kappa shape index (κ3) is 5.38. The van der Waals surface area contributed by atoms with Crippen LogP contribution in [0.1, 0.15) is 47.7 Å². The van der Waals surface area contributed by atoms with Gasteiger partial charge >= 0.3 is 0 Å². The molecule has 2 N–H and O–H groups in total. The largest absolute Gasteiger partial charge is 0.507 e. The molecule has 0 aliphatic heterocycles. The van der Waals surface area contributed by atoms with Crippen LogP contribution in [0.4, 0.5) is 5.69 Å². The maximum atomic E-state index is 13.3. The average Bonchev–Trinajstić information content (AvgIpc) is 2.75. The predicted octanol–water partition coefficient (Wildman–Crippen LogP) is 2.18. The smallest absolute Gasteiger partial charge is 0.167 e. The molecule has 2 aliphatic rings. The van der Waals surface area contributed by atoms with Crippen LogP contribution in [-0.4, -0.2) is 72.5 Å². The molecular formula is C27H36N2O6. The van der Waals surface area contributed by atoms with Gasteiger partial charge in [0, 0.05) is 57.2 Å². The SMILES string of the molecule is C=CCN(C)Cc1cc(N(C)C)c2c(c1O)C(=O)CC(CC1CC(=O)C(C(C)=O)C(=O)C1CO)C2. The summed E-state index contributed by atoms with van der Waals surface area (Å²) < 4.78 is 0. The second-order valence-corrected chi connectivity index (χ2v) is 10.2. The Balaban J connectivity index is 1.90. The van der Waals surface area contributed by atoms with E-state index in [9.17, 15) is 29.4 Å². The lowest BCUT2D eigenvalue weighted by atomic mass is 9.66. The number of carbonyl (C=O) groups excluding carboxylic acids is 4. The highest BCUT2D eigenvalue weighted by Crippen LogP contribution is 2.43. The lowest BCUT2D eigenvalue weighted by Crippen LogP contribution is -2.46. The Morgan fingerprint density at radius 1 is 1.17 bits per heavy atom. The molecule has 0 bridgehead atoms. The molecular weight excluding hydrogens is 448 g/mol. The summed E-state index contributed by atoms with van der Waals surface area (Å²) in [4.78, 5) is 54.3. The number of benzene rings is 1. The molecule has 1 aromatic carbocycles. The van der Waals surface area contributed by atoms with Crippen molar-refractivity contribution < 1.29 is 29.4 Å². The summed E-state index contributed by atoms with van der Waals surface area (Å²) in [5.41, 5.74) is 2.63. The number of phenols is 1. The molecule has 4 atom stereocenters. The number of aliphatic hydroxyl groups is 1. The molecule has 1 fully saturated rings. The molecule has 190 valence electrons. The van der Waals surface area contributed by atoms with Gasteiger partial charge in [-0.3, -0.25) is 24.1 Å². The van der Waals surface area contributed by atoms with Crippen LogP contribution in [0.25, 0.3) is 0 Å². The Hall–Kier alpha value is -2.84. The molecule has 8 nitrogen and oxygen atoms in total. The van der Waals surface area contributed by atoms with Crippen LogP contribution in [0.3, 0.4) is 0 Å². The van der Waals surface area contributed by atoms with Gasteiger partial charge in [0.15, 0.2) is 17.3 Å². The molecule has 0 heterocycles. The van der Waals surface area contributed by atoms with Gasteiger partial charge in [0.1, 0.15) is 17.5 Å². The number of nitrogens with zero attached hydrogens (tertiary/aromatic N) is 2. The molecule has 0 saturated heterocycles. The van der Waals surface area contributed by atoms with Crippen molar-refractivity contribution >= 4 is 28.8 Å². The van der Waals surface area contributed by atoms with Gasteiger partial charge in [-0.2, -0.15) is 0 Å². The fourth-order valence-corrected chi connectivity index (χ4v) is 5.71. The van der Waals surface area contributed by atoms with Gasteiger partial charge in [-0.05, 0) is 50.3 Å². The van der Waals surface area contributed by atoms with E-state index in [1.165, 1.54) is 6.92 Å². The van der Waals surface area contributed by atoms with Crippen molar-refractivity contribution in [2.45, 2.75) is 39.2 Å². The second-order valence-electron chi connectivity index (χ2n) is 10.2.